The Balaban J connectivity index is 4.53. The molecule has 0 saturated carbocycles. The Morgan fingerprint density at radius 1 is 1.06 bits per heavy atom. The SMILES string of the molecule is CCC(CC(=O)OP(=O)(O)O)C(=O)OP(=O)(O)O. The first-order valence-corrected chi connectivity index (χ1v) is 7.57. The molecule has 1 atom stereocenters. The van der Waals surface area contributed by atoms with Gasteiger partial charge in [-0.05, 0) is 6.42 Å². The molecule has 0 fully saturated rings. The summed E-state index contributed by atoms with van der Waals surface area (Å²) in [5, 5.41) is 0. The third-order valence-corrected chi connectivity index (χ3v) is 2.53. The molecule has 0 aliphatic carbocycles. The molecule has 106 valence electrons. The number of hydrogen-bond donors (Lipinski definition) is 4. The zero-order valence-electron chi connectivity index (χ0n) is 9.12. The average molecular weight is 306 g/mol. The summed E-state index contributed by atoms with van der Waals surface area (Å²) in [6.45, 7) is 1.41. The highest BCUT2D eigenvalue weighted by atomic mass is 31.2. The molecule has 0 amide bonds. The fourth-order valence-corrected chi connectivity index (χ4v) is 1.68. The number of rotatable bonds is 6. The molecule has 0 aromatic heterocycles. The smallest absolute Gasteiger partial charge is 0.371 e. The number of hydrogen-bond acceptors (Lipinski definition) is 6. The maximum absolute atomic E-state index is 11.2. The van der Waals surface area contributed by atoms with E-state index in [1.807, 2.05) is 0 Å². The monoisotopic (exact) mass is 306 g/mol. The maximum atomic E-state index is 11.2. The van der Waals surface area contributed by atoms with Gasteiger partial charge in [0.25, 0.3) is 0 Å². The van der Waals surface area contributed by atoms with Crippen molar-refractivity contribution < 1.29 is 47.3 Å². The molecule has 0 saturated heterocycles. The van der Waals surface area contributed by atoms with E-state index in [2.05, 4.69) is 9.05 Å². The van der Waals surface area contributed by atoms with Gasteiger partial charge in [-0.15, -0.1) is 0 Å². The van der Waals surface area contributed by atoms with Gasteiger partial charge >= 0.3 is 27.6 Å². The normalized spacial score (nSPS) is 13.8. The highest BCUT2D eigenvalue weighted by molar-refractivity contribution is 7.47. The topological polar surface area (TPSA) is 168 Å². The first kappa shape index (κ1) is 17.2. The van der Waals surface area contributed by atoms with Crippen molar-refractivity contribution in [3.8, 4) is 0 Å². The molecular weight excluding hydrogens is 294 g/mol. The van der Waals surface area contributed by atoms with Crippen LogP contribution in [0.3, 0.4) is 0 Å². The molecule has 12 heteroatoms. The van der Waals surface area contributed by atoms with Crippen LogP contribution in [0.15, 0.2) is 0 Å². The van der Waals surface area contributed by atoms with Crippen LogP contribution in [-0.2, 0) is 27.8 Å². The summed E-state index contributed by atoms with van der Waals surface area (Å²) >= 11 is 0. The van der Waals surface area contributed by atoms with Gasteiger partial charge in [-0.3, -0.25) is 29.2 Å². The summed E-state index contributed by atoms with van der Waals surface area (Å²) in [4.78, 5) is 55.6. The second-order valence-corrected chi connectivity index (χ2v) is 5.49. The van der Waals surface area contributed by atoms with Gasteiger partial charge in [0.2, 0.25) is 0 Å². The third kappa shape index (κ3) is 8.35. The molecule has 0 aliphatic heterocycles. The van der Waals surface area contributed by atoms with E-state index >= 15 is 0 Å². The van der Waals surface area contributed by atoms with Crippen LogP contribution in [0.5, 0.6) is 0 Å². The second-order valence-electron chi connectivity index (χ2n) is 3.16. The number of phosphoric ester groups is 2. The average Bonchev–Trinajstić information content (AvgIpc) is 2.07. The molecule has 4 N–H and O–H groups in total. The van der Waals surface area contributed by atoms with Crippen LogP contribution in [-0.4, -0.2) is 31.5 Å². The number of phosphoric acid groups is 2. The quantitative estimate of drug-likeness (QED) is 0.477. The molecule has 0 aromatic rings. The van der Waals surface area contributed by atoms with Gasteiger partial charge < -0.3 is 9.05 Å². The van der Waals surface area contributed by atoms with Gasteiger partial charge in [0.1, 0.15) is 0 Å². The highest BCUT2D eigenvalue weighted by Crippen LogP contribution is 2.39. The van der Waals surface area contributed by atoms with Crippen LogP contribution >= 0.6 is 15.6 Å². The molecular formula is C6H12O10P2. The van der Waals surface area contributed by atoms with E-state index in [0.29, 0.717) is 0 Å². The lowest BCUT2D eigenvalue weighted by Crippen LogP contribution is -2.20. The van der Waals surface area contributed by atoms with E-state index in [-0.39, 0.29) is 6.42 Å². The molecule has 0 bridgehead atoms. The summed E-state index contributed by atoms with van der Waals surface area (Å²) in [5.41, 5.74) is 0. The van der Waals surface area contributed by atoms with E-state index in [9.17, 15) is 18.7 Å². The molecule has 0 heterocycles. The Hall–Kier alpha value is -0.760. The van der Waals surface area contributed by atoms with E-state index in [1.54, 1.807) is 0 Å². The van der Waals surface area contributed by atoms with Gasteiger partial charge in [-0.1, -0.05) is 6.92 Å². The van der Waals surface area contributed by atoms with Crippen LogP contribution < -0.4 is 0 Å². The van der Waals surface area contributed by atoms with Crippen molar-refractivity contribution >= 4 is 27.6 Å². The summed E-state index contributed by atoms with van der Waals surface area (Å²) in [7, 11) is -10.0. The van der Waals surface area contributed by atoms with Gasteiger partial charge in [-0.2, -0.15) is 0 Å². The van der Waals surface area contributed by atoms with Crippen molar-refractivity contribution in [2.45, 2.75) is 19.8 Å². The van der Waals surface area contributed by atoms with Gasteiger partial charge in [0.05, 0.1) is 12.3 Å². The predicted molar refractivity (Wildman–Crippen MR) is 54.7 cm³/mol. The number of carbonyl (C=O) groups excluding carboxylic acids is 2. The Kier molecular flexibility index (Phi) is 6.15. The van der Waals surface area contributed by atoms with E-state index in [1.165, 1.54) is 6.92 Å². The van der Waals surface area contributed by atoms with Crippen molar-refractivity contribution in [2.24, 2.45) is 5.92 Å². The summed E-state index contributed by atoms with van der Waals surface area (Å²) in [6.07, 6.45) is -0.796. The fraction of sp³-hybridized carbons (Fsp3) is 0.667. The first-order chi connectivity index (χ1) is 7.94. The van der Waals surface area contributed by atoms with Crippen LogP contribution in [0.1, 0.15) is 19.8 Å². The molecule has 0 aliphatic rings. The van der Waals surface area contributed by atoms with Gasteiger partial charge in [0, 0.05) is 0 Å². The lowest BCUT2D eigenvalue weighted by atomic mass is 10.0. The minimum Gasteiger partial charge on any atom is -0.371 e. The lowest BCUT2D eigenvalue weighted by molar-refractivity contribution is -0.146. The molecule has 0 spiro atoms. The Morgan fingerprint density at radius 3 is 1.83 bits per heavy atom. The standard InChI is InChI=1S/C6H12O10P2/c1-2-4(6(8)16-18(12,13)14)3-5(7)15-17(9,10)11/h4H,2-3H2,1H3,(H2,9,10,11)(H2,12,13,14). The number of carbonyl (C=O) groups is 2. The maximum Gasteiger partial charge on any atom is 0.526 e. The Bertz CT molecular complexity index is 405. The summed E-state index contributed by atoms with van der Waals surface area (Å²) < 4.78 is 28.1. The fourth-order valence-electron chi connectivity index (χ4n) is 0.957. The van der Waals surface area contributed by atoms with Crippen LogP contribution in [0.4, 0.5) is 0 Å². The molecule has 0 rings (SSSR count). The highest BCUT2D eigenvalue weighted by Gasteiger charge is 2.30. The van der Waals surface area contributed by atoms with E-state index in [4.69, 9.17) is 19.6 Å². The molecule has 10 nitrogen and oxygen atoms in total. The van der Waals surface area contributed by atoms with E-state index < -0.39 is 39.9 Å². The van der Waals surface area contributed by atoms with Gasteiger partial charge in [0.15, 0.2) is 0 Å². The molecule has 1 unspecified atom stereocenters. The van der Waals surface area contributed by atoms with Crippen molar-refractivity contribution in [1.82, 2.24) is 0 Å². The Morgan fingerprint density at radius 2 is 1.50 bits per heavy atom. The minimum absolute atomic E-state index is 0.0326. The van der Waals surface area contributed by atoms with Crippen LogP contribution in [0.25, 0.3) is 0 Å². The zero-order valence-corrected chi connectivity index (χ0v) is 10.9. The van der Waals surface area contributed by atoms with Crippen LogP contribution in [0.2, 0.25) is 0 Å². The minimum atomic E-state index is -5.03. The third-order valence-electron chi connectivity index (χ3n) is 1.67. The van der Waals surface area contributed by atoms with E-state index in [0.717, 1.165) is 0 Å². The van der Waals surface area contributed by atoms with Crippen molar-refractivity contribution in [3.63, 3.8) is 0 Å². The molecule has 0 radical (unpaired) electrons. The molecule has 18 heavy (non-hydrogen) atoms. The Labute approximate surface area is 101 Å². The van der Waals surface area contributed by atoms with Gasteiger partial charge in [-0.25, -0.2) is 9.13 Å². The second kappa shape index (κ2) is 6.42. The van der Waals surface area contributed by atoms with Crippen molar-refractivity contribution in [1.29, 1.82) is 0 Å². The van der Waals surface area contributed by atoms with Crippen molar-refractivity contribution in [2.75, 3.05) is 0 Å². The summed E-state index contributed by atoms with van der Waals surface area (Å²) in [6, 6.07) is 0. The zero-order chi connectivity index (χ0) is 14.6. The molecule has 0 aromatic carbocycles. The van der Waals surface area contributed by atoms with Crippen molar-refractivity contribution in [3.05, 3.63) is 0 Å². The summed E-state index contributed by atoms with van der Waals surface area (Å²) in [5.74, 6) is -4.00. The van der Waals surface area contributed by atoms with Crippen LogP contribution in [0, 0.1) is 5.92 Å². The first-order valence-electron chi connectivity index (χ1n) is 4.51. The predicted octanol–water partition coefficient (Wildman–Crippen LogP) is -0.326. The lowest BCUT2D eigenvalue weighted by Gasteiger charge is -2.13. The largest absolute Gasteiger partial charge is 0.526 e.